The summed E-state index contributed by atoms with van der Waals surface area (Å²) < 4.78 is 12.9. The van der Waals surface area contributed by atoms with Crippen molar-refractivity contribution in [1.29, 1.82) is 0 Å². The summed E-state index contributed by atoms with van der Waals surface area (Å²) in [6, 6.07) is 3.82. The highest BCUT2D eigenvalue weighted by atomic mass is 32.2. The summed E-state index contributed by atoms with van der Waals surface area (Å²) in [6.45, 7) is 5.56. The van der Waals surface area contributed by atoms with Crippen molar-refractivity contribution >= 4 is 17.7 Å². The maximum absolute atomic E-state index is 9.80. The van der Waals surface area contributed by atoms with Crippen LogP contribution in [0.15, 0.2) is 28.0 Å². The lowest BCUT2D eigenvalue weighted by Crippen LogP contribution is -2.38. The lowest BCUT2D eigenvalue weighted by atomic mass is 10.3. The largest absolute Gasteiger partial charge is 0.467 e. The predicted molar refractivity (Wildman–Crippen MR) is 87.9 cm³/mol. The van der Waals surface area contributed by atoms with Crippen molar-refractivity contribution in [2.24, 2.45) is 0 Å². The second kappa shape index (κ2) is 7.85. The van der Waals surface area contributed by atoms with Gasteiger partial charge >= 0.3 is 0 Å². The zero-order valence-corrected chi connectivity index (χ0v) is 14.0. The van der Waals surface area contributed by atoms with Crippen LogP contribution in [-0.4, -0.2) is 58.0 Å². The van der Waals surface area contributed by atoms with E-state index in [1.807, 2.05) is 19.1 Å². The van der Waals surface area contributed by atoms with E-state index in [9.17, 15) is 5.11 Å². The molecule has 0 radical (unpaired) electrons. The second-order valence-electron chi connectivity index (χ2n) is 5.42. The zero-order valence-electron chi connectivity index (χ0n) is 13.2. The lowest BCUT2D eigenvalue weighted by Gasteiger charge is -2.27. The van der Waals surface area contributed by atoms with Crippen molar-refractivity contribution in [2.75, 3.05) is 37.0 Å². The first-order valence-corrected chi connectivity index (χ1v) is 8.85. The van der Waals surface area contributed by atoms with Crippen LogP contribution in [0.3, 0.4) is 0 Å². The van der Waals surface area contributed by atoms with E-state index in [1.165, 1.54) is 11.8 Å². The Balaban J connectivity index is 1.81. The monoisotopic (exact) mass is 338 g/mol. The molecule has 1 fully saturated rings. The molecule has 0 amide bonds. The molecule has 1 aliphatic rings. The molecule has 0 spiro atoms. The average molecular weight is 338 g/mol. The van der Waals surface area contributed by atoms with Crippen molar-refractivity contribution in [2.45, 2.75) is 31.1 Å². The highest BCUT2D eigenvalue weighted by Crippen LogP contribution is 2.25. The number of nitrogens with zero attached hydrogens (tertiary/aromatic N) is 4. The number of morpholine rings is 1. The fraction of sp³-hybridized carbons (Fsp3) is 0.600. The number of hydrogen-bond donors (Lipinski definition) is 1. The molecular weight excluding hydrogens is 316 g/mol. The summed E-state index contributed by atoms with van der Waals surface area (Å²) in [4.78, 5) is 2.18. The molecular formula is C15H22N4O3S. The van der Waals surface area contributed by atoms with E-state index < -0.39 is 0 Å². The van der Waals surface area contributed by atoms with Gasteiger partial charge in [-0.15, -0.1) is 10.2 Å². The van der Waals surface area contributed by atoms with Gasteiger partial charge in [-0.3, -0.25) is 4.57 Å². The molecule has 2 aromatic heterocycles. The van der Waals surface area contributed by atoms with E-state index in [4.69, 9.17) is 9.15 Å². The normalized spacial score (nSPS) is 16.7. The van der Waals surface area contributed by atoms with Crippen molar-refractivity contribution in [3.63, 3.8) is 0 Å². The number of ether oxygens (including phenoxy) is 1. The third-order valence-electron chi connectivity index (χ3n) is 3.76. The van der Waals surface area contributed by atoms with E-state index in [0.717, 1.165) is 36.4 Å². The van der Waals surface area contributed by atoms with Gasteiger partial charge < -0.3 is 19.2 Å². The van der Waals surface area contributed by atoms with Gasteiger partial charge in [-0.2, -0.15) is 0 Å². The fourth-order valence-electron chi connectivity index (χ4n) is 2.37. The first-order valence-electron chi connectivity index (χ1n) is 7.87. The molecule has 0 bridgehead atoms. The average Bonchev–Trinajstić information content (AvgIpc) is 3.24. The second-order valence-corrected chi connectivity index (χ2v) is 6.41. The molecule has 0 unspecified atom stereocenters. The van der Waals surface area contributed by atoms with E-state index in [-0.39, 0.29) is 6.10 Å². The van der Waals surface area contributed by atoms with Crippen LogP contribution in [0.4, 0.5) is 5.95 Å². The van der Waals surface area contributed by atoms with Crippen LogP contribution in [0.1, 0.15) is 19.1 Å². The molecule has 7 nitrogen and oxygen atoms in total. The molecule has 0 aromatic carbocycles. The van der Waals surface area contributed by atoms with Crippen LogP contribution in [-0.2, 0) is 11.3 Å². The molecule has 1 atom stereocenters. The number of anilines is 1. The Hall–Kier alpha value is -1.51. The Labute approximate surface area is 139 Å². The van der Waals surface area contributed by atoms with Gasteiger partial charge in [0.2, 0.25) is 5.95 Å². The molecule has 126 valence electrons. The fourth-order valence-corrected chi connectivity index (χ4v) is 3.35. The van der Waals surface area contributed by atoms with Crippen LogP contribution >= 0.6 is 11.8 Å². The Bertz CT molecular complexity index is 596. The van der Waals surface area contributed by atoms with Crippen LogP contribution in [0.25, 0.3) is 0 Å². The summed E-state index contributed by atoms with van der Waals surface area (Å²) in [6.07, 6.45) is 2.07. The van der Waals surface area contributed by atoms with Gasteiger partial charge in [-0.25, -0.2) is 0 Å². The molecule has 1 aliphatic heterocycles. The minimum absolute atomic E-state index is 0.333. The van der Waals surface area contributed by atoms with Crippen molar-refractivity contribution < 1.29 is 14.3 Å². The van der Waals surface area contributed by atoms with Crippen LogP contribution in [0.5, 0.6) is 0 Å². The Morgan fingerprint density at radius 1 is 1.35 bits per heavy atom. The molecule has 1 N–H and O–H groups in total. The minimum Gasteiger partial charge on any atom is -0.467 e. The Morgan fingerprint density at radius 2 is 2.17 bits per heavy atom. The first-order chi connectivity index (χ1) is 11.3. The number of aromatic nitrogens is 3. The van der Waals surface area contributed by atoms with Crippen molar-refractivity contribution in [1.82, 2.24) is 14.8 Å². The number of rotatable bonds is 7. The predicted octanol–water partition coefficient (Wildman–Crippen LogP) is 1.62. The summed E-state index contributed by atoms with van der Waals surface area (Å²) in [5.41, 5.74) is 0. The third-order valence-corrected chi connectivity index (χ3v) is 4.87. The zero-order chi connectivity index (χ0) is 16.1. The van der Waals surface area contributed by atoms with Crippen molar-refractivity contribution in [3.05, 3.63) is 24.2 Å². The minimum atomic E-state index is -0.333. The standard InChI is InChI=1S/C15H22N4O3S/c1-2-12(20)11-23-15-17-16-14(18-5-8-21-9-6-18)19(15)10-13-4-3-7-22-13/h3-4,7,12,20H,2,5-6,8-11H2,1H3/t12-/m0/s1. The van der Waals surface area contributed by atoms with Crippen molar-refractivity contribution in [3.8, 4) is 0 Å². The van der Waals surface area contributed by atoms with E-state index in [2.05, 4.69) is 19.7 Å². The molecule has 2 aromatic rings. The van der Waals surface area contributed by atoms with Gasteiger partial charge in [-0.05, 0) is 18.6 Å². The van der Waals surface area contributed by atoms with E-state index in [1.54, 1.807) is 6.26 Å². The van der Waals surface area contributed by atoms with E-state index >= 15 is 0 Å². The number of aliphatic hydroxyl groups excluding tert-OH is 1. The molecule has 1 saturated heterocycles. The quantitative estimate of drug-likeness (QED) is 0.769. The summed E-state index contributed by atoms with van der Waals surface area (Å²) in [5.74, 6) is 2.30. The Morgan fingerprint density at radius 3 is 2.87 bits per heavy atom. The Kier molecular flexibility index (Phi) is 5.58. The molecule has 8 heteroatoms. The van der Waals surface area contributed by atoms with Gasteiger partial charge in [0.15, 0.2) is 5.16 Å². The van der Waals surface area contributed by atoms with Crippen LogP contribution in [0.2, 0.25) is 0 Å². The topological polar surface area (TPSA) is 76.6 Å². The maximum Gasteiger partial charge on any atom is 0.228 e. The molecule has 0 aliphatic carbocycles. The smallest absolute Gasteiger partial charge is 0.228 e. The summed E-state index contributed by atoms with van der Waals surface area (Å²) in [7, 11) is 0. The van der Waals surface area contributed by atoms with Gasteiger partial charge in [0.05, 0.1) is 32.1 Å². The van der Waals surface area contributed by atoms with E-state index in [0.29, 0.717) is 25.5 Å². The van der Waals surface area contributed by atoms with Crippen LogP contribution < -0.4 is 4.90 Å². The van der Waals surface area contributed by atoms with Gasteiger partial charge in [0, 0.05) is 18.8 Å². The SMILES string of the molecule is CC[C@H](O)CSc1nnc(N2CCOCC2)n1Cc1ccco1. The number of aliphatic hydroxyl groups is 1. The van der Waals surface area contributed by atoms with Gasteiger partial charge in [-0.1, -0.05) is 18.7 Å². The number of thioether (sulfide) groups is 1. The van der Waals surface area contributed by atoms with Gasteiger partial charge in [0.25, 0.3) is 0 Å². The molecule has 3 rings (SSSR count). The van der Waals surface area contributed by atoms with Gasteiger partial charge in [0.1, 0.15) is 5.76 Å². The maximum atomic E-state index is 9.80. The number of furan rings is 1. The molecule has 23 heavy (non-hydrogen) atoms. The first kappa shape index (κ1) is 16.4. The molecule has 3 heterocycles. The third kappa shape index (κ3) is 4.07. The summed E-state index contributed by atoms with van der Waals surface area (Å²) in [5, 5.41) is 19.3. The van der Waals surface area contributed by atoms with Crippen LogP contribution in [0, 0.1) is 0 Å². The lowest BCUT2D eigenvalue weighted by molar-refractivity contribution is 0.121. The molecule has 0 saturated carbocycles. The number of hydrogen-bond acceptors (Lipinski definition) is 7. The summed E-state index contributed by atoms with van der Waals surface area (Å²) >= 11 is 1.53. The highest BCUT2D eigenvalue weighted by Gasteiger charge is 2.21. The highest BCUT2D eigenvalue weighted by molar-refractivity contribution is 7.99.